The third-order valence-corrected chi connectivity index (χ3v) is 3.64. The lowest BCUT2D eigenvalue weighted by Crippen LogP contribution is -2.50. The number of carbonyl (C=O) groups excluding carboxylic acids is 1. The van der Waals surface area contributed by atoms with Crippen molar-refractivity contribution in [1.82, 2.24) is 20.1 Å². The predicted octanol–water partition coefficient (Wildman–Crippen LogP) is 0.604. The number of piperazine rings is 1. The fourth-order valence-corrected chi connectivity index (χ4v) is 2.61. The lowest BCUT2D eigenvalue weighted by atomic mass is 10.3. The van der Waals surface area contributed by atoms with Crippen molar-refractivity contribution in [2.24, 2.45) is 0 Å². The van der Waals surface area contributed by atoms with E-state index in [1.54, 1.807) is 7.05 Å². The number of hydrogen-bond acceptors (Lipinski definition) is 5. The third-order valence-electron chi connectivity index (χ3n) is 2.82. The molecular formula is C10H18ClN5OS. The molecule has 102 valence electrons. The van der Waals surface area contributed by atoms with Crippen molar-refractivity contribution in [2.75, 3.05) is 39.0 Å². The van der Waals surface area contributed by atoms with Crippen LogP contribution in [0.25, 0.3) is 0 Å². The van der Waals surface area contributed by atoms with Crippen LogP contribution in [0.2, 0.25) is 0 Å². The highest BCUT2D eigenvalue weighted by Crippen LogP contribution is 2.17. The Balaban J connectivity index is 0.00000162. The van der Waals surface area contributed by atoms with Crippen molar-refractivity contribution < 1.29 is 4.79 Å². The smallest absolute Gasteiger partial charge is 0.317 e. The summed E-state index contributed by atoms with van der Waals surface area (Å²) >= 11 is 1.53. The first-order chi connectivity index (χ1) is 8.19. The van der Waals surface area contributed by atoms with Crippen molar-refractivity contribution in [2.45, 2.75) is 6.54 Å². The van der Waals surface area contributed by atoms with Crippen molar-refractivity contribution in [1.29, 1.82) is 0 Å². The van der Waals surface area contributed by atoms with Crippen LogP contribution >= 0.6 is 23.7 Å². The van der Waals surface area contributed by atoms with Gasteiger partial charge in [-0.2, -0.15) is 0 Å². The Morgan fingerprint density at radius 1 is 1.50 bits per heavy atom. The van der Waals surface area contributed by atoms with E-state index in [1.807, 2.05) is 11.1 Å². The molecule has 6 nitrogen and oxygen atoms in total. The van der Waals surface area contributed by atoms with Crippen molar-refractivity contribution in [3.8, 4) is 0 Å². The molecule has 1 aliphatic rings. The Kier molecular flexibility index (Phi) is 5.64. The van der Waals surface area contributed by atoms with Gasteiger partial charge in [0.05, 0.1) is 0 Å². The largest absolute Gasteiger partial charge is 0.375 e. The molecule has 1 fully saturated rings. The minimum Gasteiger partial charge on any atom is -0.375 e. The Labute approximate surface area is 117 Å². The first-order valence-corrected chi connectivity index (χ1v) is 6.40. The van der Waals surface area contributed by atoms with Gasteiger partial charge in [0.15, 0.2) is 5.13 Å². The second-order valence-corrected chi connectivity index (χ2v) is 5.13. The van der Waals surface area contributed by atoms with Gasteiger partial charge in [-0.15, -0.1) is 23.7 Å². The fourth-order valence-electron chi connectivity index (χ4n) is 1.88. The second-order valence-electron chi connectivity index (χ2n) is 3.98. The van der Waals surface area contributed by atoms with Gasteiger partial charge in [0, 0.05) is 50.8 Å². The highest BCUT2D eigenvalue weighted by molar-refractivity contribution is 7.15. The SMILES string of the molecule is CNC(=O)N1CCN(Cc2cnc(N)s2)CC1.Cl. The van der Waals surface area contributed by atoms with Gasteiger partial charge in [0.25, 0.3) is 0 Å². The Hall–Kier alpha value is -1.05. The van der Waals surface area contributed by atoms with Crippen LogP contribution in [0.3, 0.4) is 0 Å². The lowest BCUT2D eigenvalue weighted by molar-refractivity contribution is 0.137. The summed E-state index contributed by atoms with van der Waals surface area (Å²) in [5.41, 5.74) is 5.59. The Bertz CT molecular complexity index is 391. The molecule has 18 heavy (non-hydrogen) atoms. The molecule has 0 bridgehead atoms. The summed E-state index contributed by atoms with van der Waals surface area (Å²) in [6, 6.07) is 0.00619. The predicted molar refractivity (Wildman–Crippen MR) is 75.1 cm³/mol. The number of nitrogen functional groups attached to an aromatic ring is 1. The van der Waals surface area contributed by atoms with Gasteiger partial charge in [-0.1, -0.05) is 0 Å². The van der Waals surface area contributed by atoms with Crippen molar-refractivity contribution >= 4 is 34.9 Å². The van der Waals surface area contributed by atoms with Gasteiger partial charge in [-0.3, -0.25) is 4.90 Å². The minimum absolute atomic E-state index is 0. The van der Waals surface area contributed by atoms with Gasteiger partial charge in [0.2, 0.25) is 0 Å². The normalized spacial score (nSPS) is 16.2. The summed E-state index contributed by atoms with van der Waals surface area (Å²) in [4.78, 5) is 20.8. The van der Waals surface area contributed by atoms with E-state index in [9.17, 15) is 4.79 Å². The van der Waals surface area contributed by atoms with Crippen LogP contribution in [0.1, 0.15) is 4.88 Å². The number of rotatable bonds is 2. The zero-order valence-electron chi connectivity index (χ0n) is 10.3. The zero-order valence-corrected chi connectivity index (χ0v) is 11.9. The number of carbonyl (C=O) groups is 1. The summed E-state index contributed by atoms with van der Waals surface area (Å²) in [7, 11) is 1.66. The van der Waals surface area contributed by atoms with E-state index in [2.05, 4.69) is 15.2 Å². The molecule has 2 heterocycles. The van der Waals surface area contributed by atoms with E-state index < -0.39 is 0 Å². The molecule has 8 heteroatoms. The lowest BCUT2D eigenvalue weighted by Gasteiger charge is -2.34. The number of thiazole rings is 1. The maximum absolute atomic E-state index is 11.4. The summed E-state index contributed by atoms with van der Waals surface area (Å²) in [6.07, 6.45) is 1.82. The number of aromatic nitrogens is 1. The zero-order chi connectivity index (χ0) is 12.3. The molecule has 2 amide bonds. The van der Waals surface area contributed by atoms with Gasteiger partial charge >= 0.3 is 6.03 Å². The Morgan fingerprint density at radius 3 is 2.67 bits per heavy atom. The summed E-state index contributed by atoms with van der Waals surface area (Å²) in [6.45, 7) is 4.20. The number of nitrogens with zero attached hydrogens (tertiary/aromatic N) is 3. The number of urea groups is 1. The summed E-state index contributed by atoms with van der Waals surface area (Å²) in [5.74, 6) is 0. The molecule has 1 aromatic rings. The molecule has 0 saturated carbocycles. The van der Waals surface area contributed by atoms with Crippen LogP contribution in [-0.2, 0) is 6.54 Å². The van der Waals surface area contributed by atoms with E-state index in [1.165, 1.54) is 16.2 Å². The number of nitrogens with one attached hydrogen (secondary N) is 1. The van der Waals surface area contributed by atoms with Gasteiger partial charge in [-0.25, -0.2) is 9.78 Å². The number of amides is 2. The second kappa shape index (κ2) is 6.77. The van der Waals surface area contributed by atoms with Gasteiger partial charge in [0.1, 0.15) is 0 Å². The molecule has 0 aliphatic carbocycles. The van der Waals surface area contributed by atoms with Gasteiger partial charge in [-0.05, 0) is 0 Å². The molecule has 2 rings (SSSR count). The molecule has 0 aromatic carbocycles. The first kappa shape index (κ1) is 15.0. The quantitative estimate of drug-likeness (QED) is 0.837. The number of halogens is 1. The molecule has 0 unspecified atom stereocenters. The monoisotopic (exact) mass is 291 g/mol. The molecule has 0 spiro atoms. The fraction of sp³-hybridized carbons (Fsp3) is 0.600. The minimum atomic E-state index is 0. The van der Waals surface area contributed by atoms with Crippen LogP contribution in [0.15, 0.2) is 6.20 Å². The highest BCUT2D eigenvalue weighted by atomic mass is 35.5. The van der Waals surface area contributed by atoms with Crippen LogP contribution in [0.4, 0.5) is 9.93 Å². The molecule has 1 aromatic heterocycles. The van der Waals surface area contributed by atoms with E-state index in [0.29, 0.717) is 5.13 Å². The number of anilines is 1. The molecule has 3 N–H and O–H groups in total. The van der Waals surface area contributed by atoms with Crippen molar-refractivity contribution in [3.63, 3.8) is 0 Å². The Morgan fingerprint density at radius 2 is 2.17 bits per heavy atom. The van der Waals surface area contributed by atoms with E-state index >= 15 is 0 Å². The number of hydrogen-bond donors (Lipinski definition) is 2. The maximum atomic E-state index is 11.4. The van der Waals surface area contributed by atoms with E-state index in [0.717, 1.165) is 32.7 Å². The molecule has 0 radical (unpaired) electrons. The number of nitrogens with two attached hydrogens (primary N) is 1. The standard InChI is InChI=1S/C10H17N5OS.ClH/c1-12-10(16)15-4-2-14(3-5-15)7-8-6-13-9(11)17-8;/h6H,2-5,7H2,1H3,(H2,11,13)(H,12,16);1H. The van der Waals surface area contributed by atoms with Crippen LogP contribution in [0.5, 0.6) is 0 Å². The summed E-state index contributed by atoms with van der Waals surface area (Å²) < 4.78 is 0. The summed E-state index contributed by atoms with van der Waals surface area (Å²) in [5, 5.41) is 3.26. The van der Waals surface area contributed by atoms with Crippen LogP contribution in [0, 0.1) is 0 Å². The van der Waals surface area contributed by atoms with Crippen molar-refractivity contribution in [3.05, 3.63) is 11.1 Å². The average molecular weight is 292 g/mol. The first-order valence-electron chi connectivity index (χ1n) is 5.58. The molecule has 1 aliphatic heterocycles. The van der Waals surface area contributed by atoms with E-state index in [4.69, 9.17) is 5.73 Å². The third kappa shape index (κ3) is 3.72. The molecule has 1 saturated heterocycles. The van der Waals surface area contributed by atoms with Crippen LogP contribution < -0.4 is 11.1 Å². The van der Waals surface area contributed by atoms with E-state index in [-0.39, 0.29) is 18.4 Å². The average Bonchev–Trinajstić information content (AvgIpc) is 2.75. The topological polar surface area (TPSA) is 74.5 Å². The van der Waals surface area contributed by atoms with Gasteiger partial charge < -0.3 is 16.0 Å². The highest BCUT2D eigenvalue weighted by Gasteiger charge is 2.20. The maximum Gasteiger partial charge on any atom is 0.317 e. The molecular weight excluding hydrogens is 274 g/mol. The molecule has 0 atom stereocenters. The van der Waals surface area contributed by atoms with Crippen LogP contribution in [-0.4, -0.2) is 54.0 Å².